The zero-order valence-electron chi connectivity index (χ0n) is 35.9. The molecule has 0 radical (unpaired) electrons. The van der Waals surface area contributed by atoms with Gasteiger partial charge in [-0.1, -0.05) is 72.8 Å². The van der Waals surface area contributed by atoms with E-state index in [1.165, 1.54) is 22.3 Å². The molecule has 5 rings (SSSR count). The minimum Gasteiger partial charge on any atom is -0.490 e. The number of rotatable bonds is 28. The van der Waals surface area contributed by atoms with Gasteiger partial charge in [0, 0.05) is 66.3 Å². The maximum Gasteiger partial charge on any atom is 0.500 e. The summed E-state index contributed by atoms with van der Waals surface area (Å²) in [4.78, 5) is 24.7. The van der Waals surface area contributed by atoms with Crippen LogP contribution in [0.15, 0.2) is 97.1 Å². The lowest BCUT2D eigenvalue weighted by Crippen LogP contribution is -2.43. The third-order valence-corrected chi connectivity index (χ3v) is 18.8. The first-order valence-electron chi connectivity index (χ1n) is 20.2. The number of thioether (sulfide) groups is 2. The van der Waals surface area contributed by atoms with E-state index < -0.39 is 23.0 Å². The van der Waals surface area contributed by atoms with E-state index in [1.807, 2.05) is 24.3 Å². The third kappa shape index (κ3) is 12.3. The van der Waals surface area contributed by atoms with Crippen molar-refractivity contribution in [3.8, 4) is 22.6 Å². The Morgan fingerprint density at radius 2 is 0.836 bits per heavy atom. The summed E-state index contributed by atoms with van der Waals surface area (Å²) in [5, 5.41) is 0. The molecule has 16 heteroatoms. The highest BCUT2D eigenvalue weighted by Crippen LogP contribution is 2.56. The second kappa shape index (κ2) is 24.2. The molecule has 0 atom stereocenters. The molecule has 0 spiro atoms. The Kier molecular flexibility index (Phi) is 19.2. The Labute approximate surface area is 370 Å². The Bertz CT molecular complexity index is 1800. The molecule has 61 heavy (non-hydrogen) atoms. The summed E-state index contributed by atoms with van der Waals surface area (Å²) in [6, 6.07) is 34.7. The van der Waals surface area contributed by atoms with Crippen LogP contribution in [0.25, 0.3) is 11.1 Å². The van der Waals surface area contributed by atoms with Gasteiger partial charge in [0.1, 0.15) is 37.9 Å². The van der Waals surface area contributed by atoms with Crippen molar-refractivity contribution in [2.24, 2.45) is 0 Å². The molecule has 0 saturated carbocycles. The number of fused-ring (bicyclic) bond motifs is 3. The Morgan fingerprint density at radius 3 is 1.20 bits per heavy atom. The van der Waals surface area contributed by atoms with Gasteiger partial charge in [0.05, 0.1) is 18.3 Å². The molecular formula is C45H58O12S2Si2. The van der Waals surface area contributed by atoms with Crippen molar-refractivity contribution >= 4 is 53.1 Å². The largest absolute Gasteiger partial charge is 0.500 e. The summed E-state index contributed by atoms with van der Waals surface area (Å²) in [5.41, 5.74) is 6.30. The molecule has 330 valence electrons. The molecule has 0 aromatic heterocycles. The van der Waals surface area contributed by atoms with Crippen LogP contribution in [0.3, 0.4) is 0 Å². The number of carbonyl (C=O) groups excluding carboxylic acids is 2. The fourth-order valence-corrected chi connectivity index (χ4v) is 13.8. The van der Waals surface area contributed by atoms with Gasteiger partial charge in [0.25, 0.3) is 0 Å². The fraction of sp³-hybridized carbons (Fsp3) is 0.422. The Morgan fingerprint density at radius 1 is 0.475 bits per heavy atom. The number of esters is 2. The Hall–Kier alpha value is -3.69. The highest BCUT2D eigenvalue weighted by Gasteiger charge is 2.46. The van der Waals surface area contributed by atoms with Gasteiger partial charge >= 0.3 is 29.5 Å². The monoisotopic (exact) mass is 910 g/mol. The molecule has 0 unspecified atom stereocenters. The van der Waals surface area contributed by atoms with Crippen molar-refractivity contribution in [2.75, 3.05) is 92.1 Å². The van der Waals surface area contributed by atoms with Crippen LogP contribution in [0.2, 0.25) is 12.1 Å². The molecule has 1 aliphatic rings. The third-order valence-electron chi connectivity index (χ3n) is 10.6. The van der Waals surface area contributed by atoms with Crippen LogP contribution in [0.5, 0.6) is 11.5 Å². The predicted octanol–water partition coefficient (Wildman–Crippen LogP) is 7.90. The zero-order chi connectivity index (χ0) is 43.6. The minimum atomic E-state index is -2.61. The van der Waals surface area contributed by atoms with Gasteiger partial charge in [-0.2, -0.15) is 23.5 Å². The lowest BCUT2D eigenvalue weighted by atomic mass is 9.68. The van der Waals surface area contributed by atoms with E-state index in [1.54, 1.807) is 66.2 Å². The van der Waals surface area contributed by atoms with Gasteiger partial charge in [0.15, 0.2) is 0 Å². The number of carbonyl (C=O) groups is 2. The molecule has 4 aromatic carbocycles. The zero-order valence-corrected chi connectivity index (χ0v) is 39.6. The maximum atomic E-state index is 12.4. The average Bonchev–Trinajstić information content (AvgIpc) is 3.61. The van der Waals surface area contributed by atoms with Gasteiger partial charge < -0.3 is 45.5 Å². The van der Waals surface area contributed by atoms with Gasteiger partial charge in [-0.15, -0.1) is 0 Å². The van der Waals surface area contributed by atoms with Crippen LogP contribution in [0.4, 0.5) is 0 Å². The highest BCUT2D eigenvalue weighted by molar-refractivity contribution is 7.99. The molecule has 4 aromatic rings. The molecule has 0 fully saturated rings. The van der Waals surface area contributed by atoms with Crippen molar-refractivity contribution in [1.29, 1.82) is 0 Å². The standard InChI is InChI=1S/C45H58O12S2Si2/c1-48-60(49-2,50-3)33-31-58-29-23-43(46)56-27-25-54-37-19-15-35(16-20-37)45(41-13-9-7-11-39(41)40-12-8-10-14-42(40)45)36-17-21-38(22-18-36)55-26-28-57-44(47)24-30-59-32-34-61(51-4,52-5)53-6/h7-22H,23-34H2,1-6H3. The highest BCUT2D eigenvalue weighted by atomic mass is 32.2. The van der Waals surface area contributed by atoms with Crippen molar-refractivity contribution in [3.05, 3.63) is 119 Å². The van der Waals surface area contributed by atoms with Crippen LogP contribution in [0, 0.1) is 0 Å². The van der Waals surface area contributed by atoms with Crippen molar-refractivity contribution < 1.29 is 55.1 Å². The van der Waals surface area contributed by atoms with Gasteiger partial charge in [0.2, 0.25) is 0 Å². The molecule has 0 heterocycles. The van der Waals surface area contributed by atoms with Crippen LogP contribution < -0.4 is 9.47 Å². The SMILES string of the molecule is CO[Si](CCSCCC(=O)OCCOc1ccc(C2(c3ccc(OCCOC(=O)CCSCC[Si](OC)(OC)OC)cc3)c3ccccc3-c3ccccc32)cc1)(OC)OC. The number of hydrogen-bond donors (Lipinski definition) is 0. The Balaban J connectivity index is 1.16. The molecule has 0 aliphatic heterocycles. The van der Waals surface area contributed by atoms with Crippen LogP contribution in [0.1, 0.15) is 35.1 Å². The fourth-order valence-electron chi connectivity index (χ4n) is 7.42. The summed E-state index contributed by atoms with van der Waals surface area (Å²) in [6.45, 7) is 0.781. The van der Waals surface area contributed by atoms with Crippen LogP contribution in [-0.2, 0) is 51.0 Å². The lowest BCUT2D eigenvalue weighted by Gasteiger charge is -2.34. The van der Waals surface area contributed by atoms with E-state index in [-0.39, 0.29) is 38.4 Å². The summed E-state index contributed by atoms with van der Waals surface area (Å²) >= 11 is 3.27. The molecule has 0 saturated heterocycles. The molecule has 0 N–H and O–H groups in total. The quantitative estimate of drug-likeness (QED) is 0.0274. The topological polar surface area (TPSA) is 126 Å². The predicted molar refractivity (Wildman–Crippen MR) is 244 cm³/mol. The number of ether oxygens (including phenoxy) is 4. The van der Waals surface area contributed by atoms with E-state index in [2.05, 4.69) is 72.8 Å². The number of benzene rings is 4. The van der Waals surface area contributed by atoms with Crippen molar-refractivity contribution in [2.45, 2.75) is 30.3 Å². The second-order valence-corrected chi connectivity index (χ2v) is 22.5. The van der Waals surface area contributed by atoms with Gasteiger partial charge in [-0.25, -0.2) is 0 Å². The molecule has 1 aliphatic carbocycles. The van der Waals surface area contributed by atoms with E-state index in [4.69, 9.17) is 45.5 Å². The van der Waals surface area contributed by atoms with E-state index in [0.29, 0.717) is 47.9 Å². The minimum absolute atomic E-state index is 0.154. The van der Waals surface area contributed by atoms with E-state index in [0.717, 1.165) is 22.6 Å². The van der Waals surface area contributed by atoms with Gasteiger partial charge in [-0.05, 0) is 69.2 Å². The number of hydrogen-bond acceptors (Lipinski definition) is 14. The van der Waals surface area contributed by atoms with Crippen molar-refractivity contribution in [3.63, 3.8) is 0 Å². The maximum absolute atomic E-state index is 12.4. The summed E-state index contributed by atoms with van der Waals surface area (Å²) in [6.07, 6.45) is 0.609. The summed E-state index contributed by atoms with van der Waals surface area (Å²) in [7, 11) is 4.34. The normalized spacial score (nSPS) is 13.0. The average molecular weight is 911 g/mol. The summed E-state index contributed by atoms with van der Waals surface area (Å²) in [5.74, 6) is 3.62. The lowest BCUT2D eigenvalue weighted by molar-refractivity contribution is -0.144. The van der Waals surface area contributed by atoms with E-state index in [9.17, 15) is 9.59 Å². The second-order valence-electron chi connectivity index (χ2n) is 13.8. The first kappa shape index (κ1) is 48.3. The molecule has 0 amide bonds. The van der Waals surface area contributed by atoms with Crippen molar-refractivity contribution in [1.82, 2.24) is 0 Å². The van der Waals surface area contributed by atoms with Crippen LogP contribution >= 0.6 is 23.5 Å². The molecular weight excluding hydrogens is 853 g/mol. The summed E-state index contributed by atoms with van der Waals surface area (Å²) < 4.78 is 55.6. The molecule has 0 bridgehead atoms. The van der Waals surface area contributed by atoms with Crippen LogP contribution in [-0.4, -0.2) is 122 Å². The first-order chi connectivity index (χ1) is 29.7. The van der Waals surface area contributed by atoms with E-state index >= 15 is 0 Å². The first-order valence-corrected chi connectivity index (χ1v) is 26.3. The smallest absolute Gasteiger partial charge is 0.490 e. The van der Waals surface area contributed by atoms with Gasteiger partial charge in [-0.3, -0.25) is 9.59 Å². The molecule has 12 nitrogen and oxygen atoms in total.